The molecule has 0 fully saturated rings. The summed E-state index contributed by atoms with van der Waals surface area (Å²) < 4.78 is 52.0. The highest BCUT2D eigenvalue weighted by atomic mass is 19.4. The van der Waals surface area contributed by atoms with E-state index in [4.69, 9.17) is 9.47 Å². The standard InChI is InChI=1S/C24H23F3N6O2/c1-14(2)33-12-30-20-21(28-10-15-4-3-5-17(8-15)24(25,26)27)31-23(32-22(20)33)29-11-16-6-7-18-19(9-16)35-13-34-18/h3-9,12,14H,10-11,13H2,1-2H3,(H2,28,29,31,32). The van der Waals surface area contributed by atoms with E-state index < -0.39 is 11.7 Å². The first-order valence-electron chi connectivity index (χ1n) is 11.0. The summed E-state index contributed by atoms with van der Waals surface area (Å²) in [6.07, 6.45) is -2.72. The molecule has 1 aliphatic heterocycles. The Morgan fingerprint density at radius 1 is 0.971 bits per heavy atom. The first kappa shape index (κ1) is 22.8. The average Bonchev–Trinajstić information content (AvgIpc) is 3.47. The Labute approximate surface area is 199 Å². The second-order valence-corrected chi connectivity index (χ2v) is 8.41. The number of hydrogen-bond acceptors (Lipinski definition) is 7. The molecule has 0 amide bonds. The van der Waals surface area contributed by atoms with Crippen molar-refractivity contribution in [1.82, 2.24) is 19.5 Å². The summed E-state index contributed by atoms with van der Waals surface area (Å²) in [7, 11) is 0. The van der Waals surface area contributed by atoms with Gasteiger partial charge in [-0.3, -0.25) is 0 Å². The molecule has 182 valence electrons. The molecule has 2 N–H and O–H groups in total. The van der Waals surface area contributed by atoms with Crippen LogP contribution in [0, 0.1) is 0 Å². The van der Waals surface area contributed by atoms with Gasteiger partial charge < -0.3 is 24.7 Å². The van der Waals surface area contributed by atoms with Gasteiger partial charge in [0, 0.05) is 19.1 Å². The number of rotatable bonds is 7. The number of imidazole rings is 1. The smallest absolute Gasteiger partial charge is 0.416 e. The summed E-state index contributed by atoms with van der Waals surface area (Å²) in [5.74, 6) is 2.18. The van der Waals surface area contributed by atoms with Gasteiger partial charge in [0.05, 0.1) is 11.9 Å². The number of alkyl halides is 3. The number of benzene rings is 2. The van der Waals surface area contributed by atoms with Crippen molar-refractivity contribution < 1.29 is 22.6 Å². The number of aromatic nitrogens is 4. The number of fused-ring (bicyclic) bond motifs is 2. The third-order valence-corrected chi connectivity index (χ3v) is 5.58. The molecule has 11 heteroatoms. The lowest BCUT2D eigenvalue weighted by molar-refractivity contribution is -0.137. The summed E-state index contributed by atoms with van der Waals surface area (Å²) in [4.78, 5) is 13.6. The summed E-state index contributed by atoms with van der Waals surface area (Å²) in [5, 5.41) is 6.36. The van der Waals surface area contributed by atoms with Gasteiger partial charge in [-0.25, -0.2) is 4.98 Å². The zero-order chi connectivity index (χ0) is 24.6. The molecule has 0 bridgehead atoms. The van der Waals surface area contributed by atoms with Crippen molar-refractivity contribution in [2.45, 2.75) is 39.2 Å². The third kappa shape index (κ3) is 4.79. The molecule has 0 atom stereocenters. The highest BCUT2D eigenvalue weighted by molar-refractivity contribution is 5.84. The van der Waals surface area contributed by atoms with E-state index in [2.05, 4.69) is 25.6 Å². The quantitative estimate of drug-likeness (QED) is 0.364. The summed E-state index contributed by atoms with van der Waals surface area (Å²) in [6, 6.07) is 11.0. The number of nitrogens with zero attached hydrogens (tertiary/aromatic N) is 4. The predicted molar refractivity (Wildman–Crippen MR) is 124 cm³/mol. The monoisotopic (exact) mass is 484 g/mol. The van der Waals surface area contributed by atoms with Crippen molar-refractivity contribution in [3.8, 4) is 11.5 Å². The van der Waals surface area contributed by atoms with Gasteiger partial charge in [-0.05, 0) is 49.2 Å². The molecule has 0 saturated heterocycles. The highest BCUT2D eigenvalue weighted by Gasteiger charge is 2.30. The molecule has 0 unspecified atom stereocenters. The van der Waals surface area contributed by atoms with Crippen LogP contribution in [0.25, 0.3) is 11.2 Å². The van der Waals surface area contributed by atoms with E-state index in [9.17, 15) is 13.2 Å². The van der Waals surface area contributed by atoms with Crippen LogP contribution < -0.4 is 20.1 Å². The van der Waals surface area contributed by atoms with Crippen molar-refractivity contribution in [2.24, 2.45) is 0 Å². The molecule has 2 aromatic heterocycles. The SMILES string of the molecule is CC(C)n1cnc2c(NCc3cccc(C(F)(F)F)c3)nc(NCc3ccc4c(c3)OCO4)nc21. The van der Waals surface area contributed by atoms with Crippen LogP contribution in [0.5, 0.6) is 11.5 Å². The fourth-order valence-electron chi connectivity index (χ4n) is 3.77. The summed E-state index contributed by atoms with van der Waals surface area (Å²) in [5.41, 5.74) is 1.90. The maximum Gasteiger partial charge on any atom is 0.416 e. The van der Waals surface area contributed by atoms with Gasteiger partial charge >= 0.3 is 6.18 Å². The van der Waals surface area contributed by atoms with Crippen LogP contribution in [-0.2, 0) is 19.3 Å². The van der Waals surface area contributed by atoms with Gasteiger partial charge in [0.1, 0.15) is 0 Å². The Bertz CT molecular complexity index is 1370. The molecule has 1 aliphatic rings. The van der Waals surface area contributed by atoms with Crippen LogP contribution >= 0.6 is 0 Å². The van der Waals surface area contributed by atoms with Crippen molar-refractivity contribution in [3.05, 3.63) is 65.5 Å². The minimum atomic E-state index is -4.40. The Balaban J connectivity index is 1.41. The lowest BCUT2D eigenvalue weighted by atomic mass is 10.1. The van der Waals surface area contributed by atoms with Crippen LogP contribution in [0.3, 0.4) is 0 Å². The van der Waals surface area contributed by atoms with Crippen molar-refractivity contribution in [3.63, 3.8) is 0 Å². The van der Waals surface area contributed by atoms with E-state index in [0.29, 0.717) is 46.5 Å². The topological polar surface area (TPSA) is 86.1 Å². The fraction of sp³-hybridized carbons (Fsp3) is 0.292. The number of anilines is 2. The zero-order valence-corrected chi connectivity index (χ0v) is 19.1. The first-order valence-corrected chi connectivity index (χ1v) is 11.0. The Morgan fingerprint density at radius 3 is 2.54 bits per heavy atom. The lowest BCUT2D eigenvalue weighted by Gasteiger charge is -2.13. The van der Waals surface area contributed by atoms with E-state index >= 15 is 0 Å². The van der Waals surface area contributed by atoms with Gasteiger partial charge in [0.25, 0.3) is 0 Å². The summed E-state index contributed by atoms with van der Waals surface area (Å²) in [6.45, 7) is 4.81. The molecule has 2 aromatic carbocycles. The van der Waals surface area contributed by atoms with E-state index in [1.807, 2.05) is 36.6 Å². The molecule has 0 radical (unpaired) electrons. The predicted octanol–water partition coefficient (Wildman–Crippen LogP) is 5.38. The average molecular weight is 484 g/mol. The molecule has 3 heterocycles. The van der Waals surface area contributed by atoms with Gasteiger partial charge in [0.15, 0.2) is 28.5 Å². The second-order valence-electron chi connectivity index (χ2n) is 8.41. The molecule has 4 aromatic rings. The third-order valence-electron chi connectivity index (χ3n) is 5.58. The van der Waals surface area contributed by atoms with E-state index in [-0.39, 0.29) is 19.4 Å². The largest absolute Gasteiger partial charge is 0.454 e. The molecule has 0 aliphatic carbocycles. The molecule has 0 saturated carbocycles. The van der Waals surface area contributed by atoms with Gasteiger partial charge in [-0.15, -0.1) is 0 Å². The molecular formula is C24H23F3N6O2. The van der Waals surface area contributed by atoms with Crippen LogP contribution in [0.1, 0.15) is 36.6 Å². The molecule has 0 spiro atoms. The van der Waals surface area contributed by atoms with E-state index in [1.165, 1.54) is 6.07 Å². The van der Waals surface area contributed by atoms with Crippen LogP contribution in [0.15, 0.2) is 48.8 Å². The maximum atomic E-state index is 13.1. The first-order chi connectivity index (χ1) is 16.8. The van der Waals surface area contributed by atoms with Crippen LogP contribution in [0.4, 0.5) is 24.9 Å². The van der Waals surface area contributed by atoms with Crippen molar-refractivity contribution in [2.75, 3.05) is 17.4 Å². The number of halogens is 3. The fourth-order valence-corrected chi connectivity index (χ4v) is 3.77. The zero-order valence-electron chi connectivity index (χ0n) is 19.1. The lowest BCUT2D eigenvalue weighted by Crippen LogP contribution is -2.10. The van der Waals surface area contributed by atoms with Crippen molar-refractivity contribution >= 4 is 22.9 Å². The molecule has 5 rings (SSSR count). The molecule has 8 nitrogen and oxygen atoms in total. The highest BCUT2D eigenvalue weighted by Crippen LogP contribution is 2.33. The molecule has 35 heavy (non-hydrogen) atoms. The van der Waals surface area contributed by atoms with Gasteiger partial charge in [0.2, 0.25) is 12.7 Å². The summed E-state index contributed by atoms with van der Waals surface area (Å²) >= 11 is 0. The number of hydrogen-bond donors (Lipinski definition) is 2. The Morgan fingerprint density at radius 2 is 1.74 bits per heavy atom. The van der Waals surface area contributed by atoms with Crippen LogP contribution in [-0.4, -0.2) is 26.3 Å². The van der Waals surface area contributed by atoms with Crippen LogP contribution in [0.2, 0.25) is 0 Å². The van der Waals surface area contributed by atoms with Gasteiger partial charge in [-0.2, -0.15) is 23.1 Å². The Hall–Kier alpha value is -4.02. The van der Waals surface area contributed by atoms with Gasteiger partial charge in [-0.1, -0.05) is 18.2 Å². The minimum absolute atomic E-state index is 0.105. The van der Waals surface area contributed by atoms with E-state index in [1.54, 1.807) is 12.4 Å². The number of ether oxygens (including phenoxy) is 2. The maximum absolute atomic E-state index is 13.1. The van der Waals surface area contributed by atoms with E-state index in [0.717, 1.165) is 17.7 Å². The van der Waals surface area contributed by atoms with Crippen molar-refractivity contribution in [1.29, 1.82) is 0 Å². The number of nitrogens with one attached hydrogen (secondary N) is 2. The normalized spacial score (nSPS) is 13.0. The molecular weight excluding hydrogens is 461 g/mol. The second kappa shape index (κ2) is 8.97. The minimum Gasteiger partial charge on any atom is -0.454 e. The Kier molecular flexibility index (Phi) is 5.83.